The Hall–Kier alpha value is -2.20. The number of carboxylic acids is 1. The summed E-state index contributed by atoms with van der Waals surface area (Å²) in [6.45, 7) is -1.31. The van der Waals surface area contributed by atoms with E-state index in [1.165, 1.54) is 0 Å². The van der Waals surface area contributed by atoms with Gasteiger partial charge in [0, 0.05) is 0 Å². The van der Waals surface area contributed by atoms with Gasteiger partial charge in [0.15, 0.2) is 36.8 Å². The number of carbonyl (C=O) groups excluding carboxylic acids is 2. The number of carbonyl (C=O) groups is 3. The normalized spacial score (nSPS) is 38.4. The zero-order valence-electron chi connectivity index (χ0n) is 20.4. The van der Waals surface area contributed by atoms with Crippen LogP contribution in [0.2, 0.25) is 0 Å². The van der Waals surface area contributed by atoms with E-state index >= 15 is 0 Å². The Balaban J connectivity index is 0.000000311. The van der Waals surface area contributed by atoms with Gasteiger partial charge in [-0.3, -0.25) is 4.55 Å². The Morgan fingerprint density at radius 2 is 1.37 bits per heavy atom. The van der Waals surface area contributed by atoms with Crippen molar-refractivity contribution in [1.29, 1.82) is 0 Å². The van der Waals surface area contributed by atoms with E-state index in [-0.39, 0.29) is 0 Å². The largest absolute Gasteiger partial charge is 0.479 e. The van der Waals surface area contributed by atoms with Crippen molar-refractivity contribution in [3.8, 4) is 0 Å². The topological polar surface area (TPSA) is 391 Å². The SMILES string of the molecule is N[C@H]1C(O)O[C@H](CO)[C@@H](O)[C@@H]1OS(=O)(=O)O.O=C1O[C@H]([C@@H](O)C(=O)O)[C@H](O)[C@H]1O.O=C1O[C@H]([C@@H](O)CO)[C@@H](O)[C@@H]1O. The molecule has 3 heterocycles. The molecule has 3 saturated heterocycles. The molecule has 0 aliphatic carbocycles. The third-order valence-corrected chi connectivity index (χ3v) is 6.06. The minimum Gasteiger partial charge on any atom is -0.479 e. The van der Waals surface area contributed by atoms with Gasteiger partial charge in [0.05, 0.1) is 19.3 Å². The van der Waals surface area contributed by atoms with Gasteiger partial charge in [-0.2, -0.15) is 8.42 Å². The Morgan fingerprint density at radius 3 is 1.71 bits per heavy atom. The van der Waals surface area contributed by atoms with Gasteiger partial charge in [-0.1, -0.05) is 0 Å². The van der Waals surface area contributed by atoms with Crippen molar-refractivity contribution in [3.05, 3.63) is 0 Å². The first kappa shape index (κ1) is 36.8. The van der Waals surface area contributed by atoms with E-state index in [0.29, 0.717) is 0 Å². The highest BCUT2D eigenvalue weighted by atomic mass is 32.3. The maximum Gasteiger partial charge on any atom is 0.397 e. The molecule has 3 aliphatic heterocycles. The highest BCUT2D eigenvalue weighted by Crippen LogP contribution is 2.22. The van der Waals surface area contributed by atoms with E-state index in [1.807, 2.05) is 0 Å². The predicted molar refractivity (Wildman–Crippen MR) is 119 cm³/mol. The average Bonchev–Trinajstić information content (AvgIpc) is 3.31. The van der Waals surface area contributed by atoms with Gasteiger partial charge in [0.1, 0.15) is 36.6 Å². The Morgan fingerprint density at radius 1 is 0.902 bits per heavy atom. The van der Waals surface area contributed by atoms with Crippen LogP contribution in [0.4, 0.5) is 0 Å². The van der Waals surface area contributed by atoms with Crippen LogP contribution in [-0.2, 0) is 43.2 Å². The van der Waals surface area contributed by atoms with Crippen LogP contribution in [0.25, 0.3) is 0 Å². The maximum absolute atomic E-state index is 10.6. The number of hydrogen-bond donors (Lipinski definition) is 13. The second kappa shape index (κ2) is 15.3. The van der Waals surface area contributed by atoms with Crippen molar-refractivity contribution >= 4 is 28.3 Å². The summed E-state index contributed by atoms with van der Waals surface area (Å²) in [6.07, 6.45) is -18.9. The van der Waals surface area contributed by atoms with Gasteiger partial charge in [-0.15, -0.1) is 0 Å². The zero-order chi connectivity index (χ0) is 32.0. The van der Waals surface area contributed by atoms with Crippen LogP contribution >= 0.6 is 0 Å². The Labute approximate surface area is 229 Å². The molecule has 41 heavy (non-hydrogen) atoms. The summed E-state index contributed by atoms with van der Waals surface area (Å²) < 4.78 is 46.8. The fraction of sp³-hybridized carbons (Fsp3) is 0.833. The van der Waals surface area contributed by atoms with Gasteiger partial charge in [0.25, 0.3) is 0 Å². The minimum absolute atomic E-state index is 0.637. The molecule has 3 fully saturated rings. The third-order valence-electron chi connectivity index (χ3n) is 5.59. The molecule has 0 spiro atoms. The number of aliphatic carboxylic acids is 1. The number of esters is 2. The van der Waals surface area contributed by atoms with Crippen molar-refractivity contribution in [2.75, 3.05) is 13.2 Å². The van der Waals surface area contributed by atoms with E-state index in [0.717, 1.165) is 0 Å². The van der Waals surface area contributed by atoms with Crippen molar-refractivity contribution in [1.82, 2.24) is 0 Å². The fourth-order valence-electron chi connectivity index (χ4n) is 3.35. The summed E-state index contributed by atoms with van der Waals surface area (Å²) in [4.78, 5) is 31.4. The maximum atomic E-state index is 10.6. The lowest BCUT2D eigenvalue weighted by atomic mass is 9.98. The van der Waals surface area contributed by atoms with Crippen LogP contribution in [0.15, 0.2) is 0 Å². The highest BCUT2D eigenvalue weighted by Gasteiger charge is 2.49. The predicted octanol–water partition coefficient (Wildman–Crippen LogP) is -9.36. The smallest absolute Gasteiger partial charge is 0.397 e. The van der Waals surface area contributed by atoms with E-state index < -0.39 is 121 Å². The first-order valence-electron chi connectivity index (χ1n) is 11.2. The minimum atomic E-state index is -4.83. The lowest BCUT2D eigenvalue weighted by Gasteiger charge is -2.39. The number of cyclic esters (lactones) is 2. The standard InChI is InChI=1S/C6H13NO8S.C6H8O7.C6H10O6/c7-3-5(15-16(11,12)13)4(9)2(1-8)14-6(3)10;7-1-2(8)6(12)13-4(1)3(9)5(10)11;7-1-2(8)5-3(9)4(10)6(11)12-5/h2-6,8-10H,1,7H2,(H,11,12,13);1-4,7-9H,(H,10,11);2-5,7-10H,1H2/t2-,3-,4-,5-,6?;1-,2-,3-,4+;2-,3-,4-,5+/m110/s1. The van der Waals surface area contributed by atoms with Crippen LogP contribution in [0.3, 0.4) is 0 Å². The molecule has 0 saturated carbocycles. The molecule has 240 valence electrons. The Kier molecular flexibility index (Phi) is 13.8. The van der Waals surface area contributed by atoms with E-state index in [9.17, 15) is 33.0 Å². The fourth-order valence-corrected chi connectivity index (χ4v) is 3.87. The second-order valence-electron chi connectivity index (χ2n) is 8.51. The van der Waals surface area contributed by atoms with E-state index in [4.69, 9.17) is 56.2 Å². The average molecular weight is 629 g/mol. The summed E-state index contributed by atoms with van der Waals surface area (Å²) >= 11 is 0. The van der Waals surface area contributed by atoms with Crippen LogP contribution in [-0.4, -0.2) is 180 Å². The van der Waals surface area contributed by atoms with Crippen LogP contribution in [0.5, 0.6) is 0 Å². The molecule has 0 aromatic rings. The molecule has 3 aliphatic rings. The summed E-state index contributed by atoms with van der Waals surface area (Å²) in [5.41, 5.74) is 5.32. The zero-order valence-corrected chi connectivity index (χ0v) is 21.3. The van der Waals surface area contributed by atoms with Crippen LogP contribution < -0.4 is 5.73 Å². The quantitative estimate of drug-likeness (QED) is 0.0917. The molecule has 0 radical (unpaired) electrons. The molecular weight excluding hydrogens is 598 g/mol. The van der Waals surface area contributed by atoms with Crippen LogP contribution in [0.1, 0.15) is 0 Å². The molecule has 22 nitrogen and oxygen atoms in total. The van der Waals surface area contributed by atoms with Crippen molar-refractivity contribution in [2.45, 2.75) is 79.5 Å². The number of aliphatic hydroxyl groups excluding tert-OH is 10. The lowest BCUT2D eigenvalue weighted by Crippen LogP contribution is -2.63. The summed E-state index contributed by atoms with van der Waals surface area (Å²) in [7, 11) is -4.83. The van der Waals surface area contributed by atoms with E-state index in [1.54, 1.807) is 0 Å². The molecule has 23 heteroatoms. The molecule has 13 atom stereocenters. The molecule has 3 rings (SSSR count). The van der Waals surface area contributed by atoms with Crippen molar-refractivity contribution in [3.63, 3.8) is 0 Å². The number of hydrogen-bond acceptors (Lipinski definition) is 20. The molecule has 14 N–H and O–H groups in total. The molecule has 1 unspecified atom stereocenters. The summed E-state index contributed by atoms with van der Waals surface area (Å²) in [6, 6.07) is -1.38. The monoisotopic (exact) mass is 629 g/mol. The highest BCUT2D eigenvalue weighted by molar-refractivity contribution is 7.80. The van der Waals surface area contributed by atoms with Gasteiger partial charge in [-0.05, 0) is 0 Å². The van der Waals surface area contributed by atoms with E-state index in [2.05, 4.69) is 18.4 Å². The third kappa shape index (κ3) is 9.66. The molecule has 0 bridgehead atoms. The van der Waals surface area contributed by atoms with Crippen molar-refractivity contribution in [2.24, 2.45) is 5.73 Å². The Bertz CT molecular complexity index is 995. The van der Waals surface area contributed by atoms with Gasteiger partial charge in [0.2, 0.25) is 0 Å². The second-order valence-corrected chi connectivity index (χ2v) is 9.56. The molecule has 0 aromatic carbocycles. The van der Waals surface area contributed by atoms with Gasteiger partial charge < -0.3 is 76.1 Å². The first-order valence-corrected chi connectivity index (χ1v) is 12.5. The number of aliphatic hydroxyl groups is 10. The first-order chi connectivity index (χ1) is 18.8. The number of rotatable bonds is 7. The molecular formula is C18H31NO21S. The van der Waals surface area contributed by atoms with Crippen LogP contribution in [0, 0.1) is 0 Å². The van der Waals surface area contributed by atoms with Gasteiger partial charge >= 0.3 is 28.3 Å². The number of ether oxygens (including phenoxy) is 3. The number of carboxylic acid groups (broad SMARTS) is 1. The summed E-state index contributed by atoms with van der Waals surface area (Å²) in [5.74, 6) is -3.76. The number of nitrogens with two attached hydrogens (primary N) is 1. The van der Waals surface area contributed by atoms with Crippen molar-refractivity contribution < 1.29 is 102 Å². The molecule has 0 amide bonds. The van der Waals surface area contributed by atoms with Gasteiger partial charge in [-0.25, -0.2) is 18.6 Å². The summed E-state index contributed by atoms with van der Waals surface area (Å²) in [5, 5.41) is 97.9. The molecule has 0 aromatic heterocycles. The lowest BCUT2D eigenvalue weighted by molar-refractivity contribution is -0.244.